The average molecular weight is 525 g/mol. The molecule has 0 spiro atoms. The molecule has 0 unspecified atom stereocenters. The Labute approximate surface area is 188 Å². The number of rotatable bonds is 5. The van der Waals surface area contributed by atoms with Crippen molar-refractivity contribution in [3.05, 3.63) is 55.5 Å². The third kappa shape index (κ3) is 4.21. The number of carbonyl (C=O) groups excluding carboxylic acids is 1. The lowest BCUT2D eigenvalue weighted by molar-refractivity contribution is -0.113. The first-order chi connectivity index (χ1) is 13.3. The largest absolute Gasteiger partial charge is 0.493 e. The number of thioether (sulfide) groups is 1. The molecule has 2 aromatic rings. The van der Waals surface area contributed by atoms with Crippen molar-refractivity contribution in [2.45, 2.75) is 20.8 Å². The quantitative estimate of drug-likeness (QED) is 0.284. The van der Waals surface area contributed by atoms with E-state index in [1.54, 1.807) is 12.0 Å². The molecule has 1 heterocycles. The van der Waals surface area contributed by atoms with Gasteiger partial charge < -0.3 is 9.47 Å². The van der Waals surface area contributed by atoms with Crippen LogP contribution in [-0.4, -0.2) is 23.9 Å². The molecule has 28 heavy (non-hydrogen) atoms. The van der Waals surface area contributed by atoms with Crippen LogP contribution in [0.3, 0.4) is 0 Å². The van der Waals surface area contributed by atoms with Gasteiger partial charge in [0, 0.05) is 0 Å². The zero-order valence-electron chi connectivity index (χ0n) is 16.0. The molecule has 1 fully saturated rings. The van der Waals surface area contributed by atoms with E-state index in [1.807, 2.05) is 51.1 Å². The Kier molecular flexibility index (Phi) is 6.67. The van der Waals surface area contributed by atoms with Crippen molar-refractivity contribution < 1.29 is 14.3 Å². The zero-order valence-corrected chi connectivity index (χ0v) is 19.8. The summed E-state index contributed by atoms with van der Waals surface area (Å²) in [5.41, 5.74) is 3.87. The highest BCUT2D eigenvalue weighted by molar-refractivity contribution is 14.1. The van der Waals surface area contributed by atoms with Gasteiger partial charge in [-0.05, 0) is 78.8 Å². The second-order valence-corrected chi connectivity index (χ2v) is 9.11. The summed E-state index contributed by atoms with van der Waals surface area (Å²) in [5, 5.41) is 0. The van der Waals surface area contributed by atoms with E-state index in [0.29, 0.717) is 27.3 Å². The summed E-state index contributed by atoms with van der Waals surface area (Å²) in [6.45, 7) is 6.51. The maximum absolute atomic E-state index is 13.1. The Balaban J connectivity index is 1.97. The van der Waals surface area contributed by atoms with Crippen LogP contribution in [0.2, 0.25) is 0 Å². The molecule has 0 radical (unpaired) electrons. The standard InChI is InChI=1S/C21H20INO3S2/c1-5-26-19-15(22)9-14(10-17(19)25-4)11-18-20(24)23(21(27)28-18)16-7-6-12(2)8-13(16)3/h6-11H,5H2,1-4H3/b18-11-. The van der Waals surface area contributed by atoms with E-state index in [4.69, 9.17) is 21.7 Å². The molecule has 0 bridgehead atoms. The molecule has 4 nitrogen and oxygen atoms in total. The lowest BCUT2D eigenvalue weighted by Gasteiger charge is -2.17. The number of carbonyl (C=O) groups is 1. The fraction of sp³-hybridized carbons (Fsp3) is 0.238. The molecule has 1 saturated heterocycles. The maximum Gasteiger partial charge on any atom is 0.270 e. The highest BCUT2D eigenvalue weighted by Gasteiger charge is 2.34. The Hall–Kier alpha value is -1.58. The van der Waals surface area contributed by atoms with Crippen molar-refractivity contribution in [2.75, 3.05) is 18.6 Å². The van der Waals surface area contributed by atoms with Gasteiger partial charge >= 0.3 is 0 Å². The molecule has 2 aromatic carbocycles. The first-order valence-electron chi connectivity index (χ1n) is 8.71. The summed E-state index contributed by atoms with van der Waals surface area (Å²) >= 11 is 9.02. The average Bonchev–Trinajstić information content (AvgIpc) is 2.91. The van der Waals surface area contributed by atoms with Crippen molar-refractivity contribution in [2.24, 2.45) is 0 Å². The number of hydrogen-bond donors (Lipinski definition) is 0. The van der Waals surface area contributed by atoms with Gasteiger partial charge in [-0.25, -0.2) is 0 Å². The van der Waals surface area contributed by atoms with Crippen LogP contribution in [0.25, 0.3) is 6.08 Å². The minimum Gasteiger partial charge on any atom is -0.493 e. The van der Waals surface area contributed by atoms with Crippen LogP contribution in [0, 0.1) is 17.4 Å². The molecule has 1 aliphatic heterocycles. The van der Waals surface area contributed by atoms with E-state index in [9.17, 15) is 4.79 Å². The Morgan fingerprint density at radius 1 is 1.25 bits per heavy atom. The maximum atomic E-state index is 13.1. The predicted octanol–water partition coefficient (Wildman–Crippen LogP) is 5.72. The third-order valence-electron chi connectivity index (χ3n) is 4.23. The van der Waals surface area contributed by atoms with Crippen molar-refractivity contribution in [3.63, 3.8) is 0 Å². The van der Waals surface area contributed by atoms with E-state index in [2.05, 4.69) is 28.7 Å². The SMILES string of the molecule is CCOc1c(I)cc(/C=C2\SC(=S)N(c3ccc(C)cc3C)C2=O)cc1OC. The van der Waals surface area contributed by atoms with Crippen molar-refractivity contribution >= 4 is 68.6 Å². The molecule has 146 valence electrons. The number of anilines is 1. The van der Waals surface area contributed by atoms with Gasteiger partial charge in [0.05, 0.1) is 27.9 Å². The molecule has 1 aliphatic rings. The Morgan fingerprint density at radius 2 is 2.00 bits per heavy atom. The minimum absolute atomic E-state index is 0.107. The molecule has 0 aliphatic carbocycles. The summed E-state index contributed by atoms with van der Waals surface area (Å²) in [7, 11) is 1.61. The summed E-state index contributed by atoms with van der Waals surface area (Å²) < 4.78 is 12.6. The molecule has 3 rings (SSSR count). The Morgan fingerprint density at radius 3 is 2.64 bits per heavy atom. The van der Waals surface area contributed by atoms with Gasteiger partial charge in [0.25, 0.3) is 5.91 Å². The number of hydrogen-bond acceptors (Lipinski definition) is 5. The van der Waals surface area contributed by atoms with Gasteiger partial charge in [-0.15, -0.1) is 0 Å². The first kappa shape index (κ1) is 21.1. The number of benzene rings is 2. The van der Waals surface area contributed by atoms with Crippen LogP contribution in [0.5, 0.6) is 11.5 Å². The zero-order chi connectivity index (χ0) is 20.4. The fourth-order valence-electron chi connectivity index (χ4n) is 2.99. The summed E-state index contributed by atoms with van der Waals surface area (Å²) in [6.07, 6.45) is 1.85. The van der Waals surface area contributed by atoms with Crippen molar-refractivity contribution in [1.82, 2.24) is 0 Å². The lowest BCUT2D eigenvalue weighted by Crippen LogP contribution is -2.28. The minimum atomic E-state index is -0.107. The van der Waals surface area contributed by atoms with Gasteiger partial charge in [-0.1, -0.05) is 41.7 Å². The number of thiocarbonyl (C=S) groups is 1. The van der Waals surface area contributed by atoms with E-state index in [0.717, 1.165) is 25.9 Å². The molecule has 0 N–H and O–H groups in total. The van der Waals surface area contributed by atoms with Crippen LogP contribution in [0.1, 0.15) is 23.6 Å². The van der Waals surface area contributed by atoms with Crippen LogP contribution in [0.15, 0.2) is 35.2 Å². The van der Waals surface area contributed by atoms with E-state index in [-0.39, 0.29) is 5.91 Å². The molecular weight excluding hydrogens is 505 g/mol. The number of nitrogens with zero attached hydrogens (tertiary/aromatic N) is 1. The van der Waals surface area contributed by atoms with Crippen molar-refractivity contribution in [1.29, 1.82) is 0 Å². The smallest absolute Gasteiger partial charge is 0.270 e. The van der Waals surface area contributed by atoms with Gasteiger partial charge in [0.15, 0.2) is 15.8 Å². The molecule has 0 aromatic heterocycles. The topological polar surface area (TPSA) is 38.8 Å². The van der Waals surface area contributed by atoms with Crippen LogP contribution < -0.4 is 14.4 Å². The second kappa shape index (κ2) is 8.84. The highest BCUT2D eigenvalue weighted by Crippen LogP contribution is 2.39. The summed E-state index contributed by atoms with van der Waals surface area (Å²) in [4.78, 5) is 15.3. The first-order valence-corrected chi connectivity index (χ1v) is 11.0. The van der Waals surface area contributed by atoms with Crippen LogP contribution in [-0.2, 0) is 4.79 Å². The van der Waals surface area contributed by atoms with Gasteiger partial charge in [0.1, 0.15) is 0 Å². The van der Waals surface area contributed by atoms with Gasteiger partial charge in [-0.3, -0.25) is 9.69 Å². The van der Waals surface area contributed by atoms with E-state index < -0.39 is 0 Å². The molecule has 0 atom stereocenters. The number of aryl methyl sites for hydroxylation is 2. The number of ether oxygens (including phenoxy) is 2. The van der Waals surface area contributed by atoms with Crippen LogP contribution in [0.4, 0.5) is 5.69 Å². The van der Waals surface area contributed by atoms with Crippen molar-refractivity contribution in [3.8, 4) is 11.5 Å². The lowest BCUT2D eigenvalue weighted by atomic mass is 10.1. The molecule has 1 amide bonds. The summed E-state index contributed by atoms with van der Waals surface area (Å²) in [6, 6.07) is 9.83. The number of amides is 1. The number of halogens is 1. The van der Waals surface area contributed by atoms with Gasteiger partial charge in [-0.2, -0.15) is 0 Å². The Bertz CT molecular complexity index is 988. The predicted molar refractivity (Wildman–Crippen MR) is 128 cm³/mol. The molecule has 7 heteroatoms. The molecule has 0 saturated carbocycles. The highest BCUT2D eigenvalue weighted by atomic mass is 127. The van der Waals surface area contributed by atoms with Gasteiger partial charge in [0.2, 0.25) is 0 Å². The second-order valence-electron chi connectivity index (χ2n) is 6.27. The van der Waals surface area contributed by atoms with E-state index >= 15 is 0 Å². The normalized spacial score (nSPS) is 15.5. The summed E-state index contributed by atoms with van der Waals surface area (Å²) in [5.74, 6) is 1.25. The monoisotopic (exact) mass is 525 g/mol. The number of methoxy groups -OCH3 is 1. The third-order valence-corrected chi connectivity index (χ3v) is 6.33. The van der Waals surface area contributed by atoms with Crippen LogP contribution >= 0.6 is 46.6 Å². The fourth-order valence-corrected chi connectivity index (χ4v) is 5.06. The van der Waals surface area contributed by atoms with E-state index in [1.165, 1.54) is 11.8 Å². The molecular formula is C21H20INO3S2.